The second-order valence-electron chi connectivity index (χ2n) is 1.48. The van der Waals surface area contributed by atoms with Crippen LogP contribution in [0.15, 0.2) is 0 Å². The van der Waals surface area contributed by atoms with E-state index in [4.69, 9.17) is 0 Å². The molecule has 0 atom stereocenters. The highest BCUT2D eigenvalue weighted by atomic mass is 32.2. The van der Waals surface area contributed by atoms with Gasteiger partial charge in [0.2, 0.25) is 0 Å². The lowest BCUT2D eigenvalue weighted by atomic mass is 10.4. The molecule has 1 rings (SSSR count). The minimum absolute atomic E-state index is 0.185. The molecule has 0 aromatic rings. The van der Waals surface area contributed by atoms with E-state index in [1.807, 2.05) is 0 Å². The molecule has 0 radical (unpaired) electrons. The molecule has 4 heteroatoms. The van der Waals surface area contributed by atoms with E-state index in [-0.39, 0.29) is 5.25 Å². The number of thiol groups is 1. The first kappa shape index (κ1) is 5.05. The van der Waals surface area contributed by atoms with Crippen LogP contribution in [-0.4, -0.2) is 26.9 Å². The highest BCUT2D eigenvalue weighted by Crippen LogP contribution is 2.02. The smallest absolute Gasteiger partial charge is 0.147 e. The summed E-state index contributed by atoms with van der Waals surface area (Å²) in [6.45, 7) is 0.803. The van der Waals surface area contributed by atoms with E-state index in [1.165, 1.54) is 0 Å². The van der Waals surface area contributed by atoms with Crippen LogP contribution in [0.4, 0.5) is 0 Å². The van der Waals surface area contributed by atoms with Crippen molar-refractivity contribution in [2.24, 2.45) is 0 Å². The van der Waals surface area contributed by atoms with Gasteiger partial charge in [-0.3, -0.25) is 0 Å². The summed E-state index contributed by atoms with van der Waals surface area (Å²) in [5.74, 6) is 0. The van der Waals surface area contributed by atoms with Crippen LogP contribution < -0.4 is 0 Å². The molecular weight excluding hydrogens is 116 g/mol. The number of hydrogen-bond acceptors (Lipinski definition) is 3. The summed E-state index contributed by atoms with van der Waals surface area (Å²) in [6, 6.07) is 0. The highest BCUT2D eigenvalue weighted by molar-refractivity contribution is 7.73. The van der Waals surface area contributed by atoms with E-state index in [2.05, 4.69) is 4.74 Å². The molecule has 1 fully saturated rings. The van der Waals surface area contributed by atoms with Gasteiger partial charge >= 0.3 is 0 Å². The fourth-order valence-corrected chi connectivity index (χ4v) is 0.799. The molecular formula is C3H6O3S. The molecule has 0 aromatic carbocycles. The predicted molar refractivity (Wildman–Crippen MR) is 24.9 cm³/mol. The van der Waals surface area contributed by atoms with E-state index >= 15 is 0 Å². The van der Waals surface area contributed by atoms with Crippen molar-refractivity contribution in [3.63, 3.8) is 0 Å². The summed E-state index contributed by atoms with van der Waals surface area (Å²) >= 11 is 0. The minimum atomic E-state index is -2.20. The normalized spacial score (nSPS) is 22.4. The third kappa shape index (κ3) is 0.920. The van der Waals surface area contributed by atoms with Gasteiger partial charge < -0.3 is 4.74 Å². The van der Waals surface area contributed by atoms with Gasteiger partial charge in [0.1, 0.15) is 16.0 Å². The van der Waals surface area contributed by atoms with Crippen molar-refractivity contribution in [2.75, 3.05) is 13.2 Å². The topological polar surface area (TPSA) is 43.4 Å². The van der Waals surface area contributed by atoms with Crippen molar-refractivity contribution < 1.29 is 13.2 Å². The first-order chi connectivity index (χ1) is 3.30. The van der Waals surface area contributed by atoms with Crippen LogP contribution in [-0.2, 0) is 15.4 Å². The average molecular weight is 122 g/mol. The molecule has 0 aromatic heterocycles. The molecule has 1 saturated heterocycles. The van der Waals surface area contributed by atoms with Crippen LogP contribution >= 0.6 is 0 Å². The standard InChI is InChI=1S/C3H6O3S/c4-7(5)3-1-6-2-3/h3,7H,1-2H2. The van der Waals surface area contributed by atoms with Crippen LogP contribution in [0.5, 0.6) is 0 Å². The van der Waals surface area contributed by atoms with Gasteiger partial charge in [0, 0.05) is 0 Å². The Hall–Kier alpha value is -0.0900. The molecule has 0 spiro atoms. The van der Waals surface area contributed by atoms with E-state index in [1.54, 1.807) is 0 Å². The van der Waals surface area contributed by atoms with Crippen LogP contribution in [0.3, 0.4) is 0 Å². The molecule has 0 unspecified atom stereocenters. The van der Waals surface area contributed by atoms with Crippen molar-refractivity contribution in [3.8, 4) is 0 Å². The van der Waals surface area contributed by atoms with Crippen molar-refractivity contribution in [1.29, 1.82) is 0 Å². The van der Waals surface area contributed by atoms with Gasteiger partial charge in [-0.05, 0) is 0 Å². The molecule has 3 nitrogen and oxygen atoms in total. The number of ether oxygens (including phenoxy) is 1. The first-order valence-corrected chi connectivity index (χ1v) is 3.26. The van der Waals surface area contributed by atoms with Gasteiger partial charge in [0.25, 0.3) is 0 Å². The minimum Gasteiger partial charge on any atom is -0.379 e. The summed E-state index contributed by atoms with van der Waals surface area (Å²) in [4.78, 5) is 0. The van der Waals surface area contributed by atoms with Crippen LogP contribution in [0.1, 0.15) is 0 Å². The summed E-state index contributed by atoms with van der Waals surface area (Å²) in [5, 5.41) is -0.185. The molecule has 1 aliphatic rings. The molecule has 1 aliphatic heterocycles. The first-order valence-electron chi connectivity index (χ1n) is 2.02. The van der Waals surface area contributed by atoms with Crippen molar-refractivity contribution in [3.05, 3.63) is 0 Å². The second-order valence-corrected chi connectivity index (χ2v) is 2.78. The molecule has 0 aliphatic carbocycles. The zero-order valence-corrected chi connectivity index (χ0v) is 4.56. The van der Waals surface area contributed by atoms with Gasteiger partial charge in [-0.2, -0.15) is 0 Å². The van der Waals surface area contributed by atoms with Gasteiger partial charge in [0.15, 0.2) is 0 Å². The second kappa shape index (κ2) is 1.79. The molecule has 0 N–H and O–H groups in total. The van der Waals surface area contributed by atoms with Crippen molar-refractivity contribution in [1.82, 2.24) is 0 Å². The molecule has 1 heterocycles. The third-order valence-corrected chi connectivity index (χ3v) is 1.81. The Labute approximate surface area is 43.2 Å². The fourth-order valence-electron chi connectivity index (χ4n) is 0.345. The fraction of sp³-hybridized carbons (Fsp3) is 1.00. The van der Waals surface area contributed by atoms with Gasteiger partial charge in [0.05, 0.1) is 13.2 Å². The molecule has 0 saturated carbocycles. The number of rotatable bonds is 1. The third-order valence-electron chi connectivity index (χ3n) is 0.919. The lowest BCUT2D eigenvalue weighted by Gasteiger charge is -2.19. The van der Waals surface area contributed by atoms with E-state index in [0.29, 0.717) is 13.2 Å². The molecule has 0 amide bonds. The Morgan fingerprint density at radius 2 is 2.00 bits per heavy atom. The predicted octanol–water partition coefficient (Wildman–Crippen LogP) is -1.00. The molecule has 0 bridgehead atoms. The summed E-state index contributed by atoms with van der Waals surface area (Å²) < 4.78 is 24.5. The summed E-state index contributed by atoms with van der Waals surface area (Å²) in [5.41, 5.74) is 0. The zero-order valence-electron chi connectivity index (χ0n) is 3.66. The Balaban J connectivity index is 2.41. The Kier molecular flexibility index (Phi) is 1.30. The Morgan fingerprint density at radius 3 is 2.00 bits per heavy atom. The van der Waals surface area contributed by atoms with Crippen LogP contribution in [0.25, 0.3) is 0 Å². The van der Waals surface area contributed by atoms with E-state index < -0.39 is 10.7 Å². The monoisotopic (exact) mass is 122 g/mol. The summed E-state index contributed by atoms with van der Waals surface area (Å²) in [6.07, 6.45) is 0. The van der Waals surface area contributed by atoms with Gasteiger partial charge in [-0.25, -0.2) is 8.42 Å². The quantitative estimate of drug-likeness (QED) is 0.453. The number of hydrogen-bond donors (Lipinski definition) is 1. The van der Waals surface area contributed by atoms with Crippen LogP contribution in [0.2, 0.25) is 0 Å². The summed E-state index contributed by atoms with van der Waals surface area (Å²) in [7, 11) is -2.20. The average Bonchev–Trinajstić information content (AvgIpc) is 1.23. The maximum atomic E-state index is 9.94. The maximum absolute atomic E-state index is 9.94. The van der Waals surface area contributed by atoms with Gasteiger partial charge in [-0.15, -0.1) is 0 Å². The highest BCUT2D eigenvalue weighted by Gasteiger charge is 2.20. The van der Waals surface area contributed by atoms with Crippen LogP contribution in [0, 0.1) is 0 Å². The molecule has 42 valence electrons. The lowest BCUT2D eigenvalue weighted by Crippen LogP contribution is -2.34. The Morgan fingerprint density at radius 1 is 1.43 bits per heavy atom. The van der Waals surface area contributed by atoms with E-state index in [0.717, 1.165) is 0 Å². The SMILES string of the molecule is O=[SH](=O)C1COC1. The maximum Gasteiger partial charge on any atom is 0.147 e. The van der Waals surface area contributed by atoms with Crippen molar-refractivity contribution >= 4 is 10.7 Å². The Bertz CT molecular complexity index is 116. The molecule has 7 heavy (non-hydrogen) atoms. The zero-order chi connectivity index (χ0) is 5.28. The van der Waals surface area contributed by atoms with Gasteiger partial charge in [-0.1, -0.05) is 0 Å². The van der Waals surface area contributed by atoms with Crippen molar-refractivity contribution in [2.45, 2.75) is 5.25 Å². The van der Waals surface area contributed by atoms with E-state index in [9.17, 15) is 8.42 Å². The largest absolute Gasteiger partial charge is 0.379 e. The lowest BCUT2D eigenvalue weighted by molar-refractivity contribution is 0.0429.